The van der Waals surface area contributed by atoms with Gasteiger partial charge in [-0.3, -0.25) is 14.4 Å². The Morgan fingerprint density at radius 2 is 1.79 bits per heavy atom. The zero-order valence-corrected chi connectivity index (χ0v) is 18.4. The highest BCUT2D eigenvalue weighted by molar-refractivity contribution is 8.14. The third-order valence-corrected chi connectivity index (χ3v) is 4.85. The second-order valence-electron chi connectivity index (χ2n) is 7.59. The second-order valence-corrected chi connectivity index (χ2v) is 8.69. The van der Waals surface area contributed by atoms with E-state index in [4.69, 9.17) is 9.47 Å². The maximum atomic E-state index is 12.4. The highest BCUT2D eigenvalue weighted by atomic mass is 32.2. The zero-order chi connectivity index (χ0) is 22.1. The van der Waals surface area contributed by atoms with E-state index in [0.29, 0.717) is 18.9 Å². The quantitative estimate of drug-likeness (QED) is 0.313. The Morgan fingerprint density at radius 1 is 1.10 bits per heavy atom. The third kappa shape index (κ3) is 9.42. The van der Waals surface area contributed by atoms with Crippen molar-refractivity contribution < 1.29 is 33.4 Å². The normalized spacial score (nSPS) is 20.1. The summed E-state index contributed by atoms with van der Waals surface area (Å²) in [6.45, 7) is 8.14. The monoisotopic (exact) mass is 430 g/mol. The van der Waals surface area contributed by atoms with Crippen LogP contribution in [0, 0.1) is 5.41 Å². The fraction of sp³-hybridized carbons (Fsp3) is 0.684. The first-order valence-corrected chi connectivity index (χ1v) is 10.2. The number of esters is 1. The number of methoxy groups -OCH3 is 1. The van der Waals surface area contributed by atoms with E-state index in [0.717, 1.165) is 23.9 Å². The summed E-state index contributed by atoms with van der Waals surface area (Å²) in [4.78, 5) is 46.7. The zero-order valence-electron chi connectivity index (χ0n) is 17.5. The number of nitrogens with one attached hydrogen (secondary N) is 2. The largest absolute Gasteiger partial charge is 0.466 e. The smallest absolute Gasteiger partial charge is 0.330 e. The SMILES string of the molecule is COC(=O)/C=C/C(=O)SCCNC(=O)CCNC(=O)[C@@H]1OC(C)(C)OCC1(C)C. The molecule has 2 amide bonds. The van der Waals surface area contributed by atoms with Gasteiger partial charge in [0.2, 0.25) is 16.9 Å². The molecule has 0 bridgehead atoms. The van der Waals surface area contributed by atoms with Crippen molar-refractivity contribution in [3.63, 3.8) is 0 Å². The third-order valence-electron chi connectivity index (χ3n) is 4.02. The van der Waals surface area contributed by atoms with Crippen molar-refractivity contribution >= 4 is 34.7 Å². The van der Waals surface area contributed by atoms with Crippen LogP contribution in [-0.4, -0.2) is 67.3 Å². The molecule has 0 aromatic heterocycles. The molecule has 9 nitrogen and oxygen atoms in total. The Hall–Kier alpha value is -1.91. The van der Waals surface area contributed by atoms with E-state index in [1.807, 2.05) is 13.8 Å². The van der Waals surface area contributed by atoms with Gasteiger partial charge >= 0.3 is 5.97 Å². The molecule has 2 N–H and O–H groups in total. The van der Waals surface area contributed by atoms with Crippen molar-refractivity contribution in [3.8, 4) is 0 Å². The second kappa shape index (κ2) is 11.3. The van der Waals surface area contributed by atoms with Gasteiger partial charge in [-0.15, -0.1) is 0 Å². The van der Waals surface area contributed by atoms with Gasteiger partial charge in [0.05, 0.1) is 13.7 Å². The van der Waals surface area contributed by atoms with Crippen LogP contribution < -0.4 is 10.6 Å². The molecule has 0 aliphatic carbocycles. The van der Waals surface area contributed by atoms with Crippen molar-refractivity contribution in [2.75, 3.05) is 32.6 Å². The van der Waals surface area contributed by atoms with E-state index in [9.17, 15) is 19.2 Å². The fourth-order valence-corrected chi connectivity index (χ4v) is 2.97. The van der Waals surface area contributed by atoms with Crippen LogP contribution in [0.3, 0.4) is 0 Å². The van der Waals surface area contributed by atoms with Gasteiger partial charge in [-0.2, -0.15) is 0 Å². The molecule has 1 atom stereocenters. The molecule has 1 saturated heterocycles. The average Bonchev–Trinajstić information content (AvgIpc) is 2.65. The lowest BCUT2D eigenvalue weighted by Gasteiger charge is -2.44. The predicted molar refractivity (Wildman–Crippen MR) is 108 cm³/mol. The number of hydrogen-bond acceptors (Lipinski definition) is 8. The van der Waals surface area contributed by atoms with Crippen LogP contribution in [0.2, 0.25) is 0 Å². The maximum Gasteiger partial charge on any atom is 0.330 e. The highest BCUT2D eigenvalue weighted by Crippen LogP contribution is 2.34. The summed E-state index contributed by atoms with van der Waals surface area (Å²) in [6.07, 6.45) is 1.60. The lowest BCUT2D eigenvalue weighted by molar-refractivity contribution is -0.304. The van der Waals surface area contributed by atoms with Gasteiger partial charge in [-0.1, -0.05) is 25.6 Å². The molecular formula is C19H30N2O7S. The van der Waals surface area contributed by atoms with Crippen molar-refractivity contribution in [3.05, 3.63) is 12.2 Å². The van der Waals surface area contributed by atoms with Crippen LogP contribution >= 0.6 is 11.8 Å². The standard InChI is InChI=1S/C19H30N2O7S/c1-18(2)12-27-19(3,4)28-16(18)17(25)21-9-8-13(22)20-10-11-29-15(24)7-6-14(23)26-5/h6-7,16H,8-12H2,1-5H3,(H,20,22)(H,21,25)/b7-6+/t16-/m0/s1. The van der Waals surface area contributed by atoms with E-state index in [2.05, 4.69) is 15.4 Å². The number of ether oxygens (including phenoxy) is 3. The van der Waals surface area contributed by atoms with Crippen LogP contribution in [0.25, 0.3) is 0 Å². The molecular weight excluding hydrogens is 400 g/mol. The van der Waals surface area contributed by atoms with Gasteiger partial charge in [-0.05, 0) is 19.9 Å². The number of hydrogen-bond donors (Lipinski definition) is 2. The summed E-state index contributed by atoms with van der Waals surface area (Å²) in [5.41, 5.74) is -0.478. The first-order chi connectivity index (χ1) is 13.5. The molecule has 1 fully saturated rings. The summed E-state index contributed by atoms with van der Waals surface area (Å²) in [5.74, 6) is -1.60. The molecule has 164 valence electrons. The summed E-state index contributed by atoms with van der Waals surface area (Å²) in [7, 11) is 1.22. The molecule has 10 heteroatoms. The van der Waals surface area contributed by atoms with Crippen LogP contribution in [0.5, 0.6) is 0 Å². The summed E-state index contributed by atoms with van der Waals surface area (Å²) in [5, 5.41) is 5.09. The summed E-state index contributed by atoms with van der Waals surface area (Å²) < 4.78 is 15.7. The Balaban J connectivity index is 2.25. The number of carbonyl (C=O) groups is 4. The lowest BCUT2D eigenvalue weighted by atomic mass is 9.85. The Labute approximate surface area is 175 Å². The van der Waals surface area contributed by atoms with E-state index >= 15 is 0 Å². The minimum atomic E-state index is -0.837. The highest BCUT2D eigenvalue weighted by Gasteiger charge is 2.45. The van der Waals surface area contributed by atoms with Gasteiger partial charge in [-0.25, -0.2) is 4.79 Å². The van der Waals surface area contributed by atoms with Crippen LogP contribution in [0.1, 0.15) is 34.1 Å². The summed E-state index contributed by atoms with van der Waals surface area (Å²) >= 11 is 0.972. The van der Waals surface area contributed by atoms with Gasteiger partial charge in [0.25, 0.3) is 0 Å². The van der Waals surface area contributed by atoms with Crippen molar-refractivity contribution in [1.82, 2.24) is 10.6 Å². The van der Waals surface area contributed by atoms with E-state index in [-0.39, 0.29) is 29.9 Å². The maximum absolute atomic E-state index is 12.4. The molecule has 1 heterocycles. The minimum absolute atomic E-state index is 0.111. The van der Waals surface area contributed by atoms with E-state index in [1.165, 1.54) is 7.11 Å². The molecule has 0 spiro atoms. The first kappa shape index (κ1) is 25.1. The fourth-order valence-electron chi connectivity index (χ4n) is 2.40. The van der Waals surface area contributed by atoms with Crippen molar-refractivity contribution in [1.29, 1.82) is 0 Å². The molecule has 1 aliphatic heterocycles. The average molecular weight is 431 g/mol. The first-order valence-electron chi connectivity index (χ1n) is 9.26. The lowest BCUT2D eigenvalue weighted by Crippen LogP contribution is -2.56. The van der Waals surface area contributed by atoms with Gasteiger partial charge in [0.1, 0.15) is 6.10 Å². The molecule has 0 unspecified atom stereocenters. The Kier molecular flexibility index (Phi) is 9.81. The van der Waals surface area contributed by atoms with Crippen LogP contribution in [0.4, 0.5) is 0 Å². The van der Waals surface area contributed by atoms with Crippen LogP contribution in [0.15, 0.2) is 12.2 Å². The molecule has 0 aromatic rings. The van der Waals surface area contributed by atoms with Gasteiger partial charge < -0.3 is 24.8 Å². The predicted octanol–water partition coefficient (Wildman–Crippen LogP) is 0.776. The number of carbonyl (C=O) groups excluding carboxylic acids is 4. The van der Waals surface area contributed by atoms with Crippen LogP contribution in [-0.2, 0) is 33.4 Å². The number of thioether (sulfide) groups is 1. The van der Waals surface area contributed by atoms with E-state index < -0.39 is 23.3 Å². The molecule has 0 saturated carbocycles. The Morgan fingerprint density at radius 3 is 2.45 bits per heavy atom. The summed E-state index contributed by atoms with van der Waals surface area (Å²) in [6, 6.07) is 0. The molecule has 0 radical (unpaired) electrons. The van der Waals surface area contributed by atoms with E-state index in [1.54, 1.807) is 13.8 Å². The Bertz CT molecular complexity index is 646. The molecule has 29 heavy (non-hydrogen) atoms. The van der Waals surface area contributed by atoms with Gasteiger partial charge in [0.15, 0.2) is 5.79 Å². The van der Waals surface area contributed by atoms with Gasteiger partial charge in [0, 0.05) is 36.8 Å². The molecule has 1 aliphatic rings. The molecule has 1 rings (SSSR count). The van der Waals surface area contributed by atoms with Crippen molar-refractivity contribution in [2.24, 2.45) is 5.41 Å². The number of rotatable bonds is 9. The number of amides is 2. The minimum Gasteiger partial charge on any atom is -0.466 e. The topological polar surface area (TPSA) is 120 Å². The molecule has 0 aromatic carbocycles. The van der Waals surface area contributed by atoms with Crippen molar-refractivity contribution in [2.45, 2.75) is 46.0 Å².